The molecule has 0 spiro atoms. The number of rotatable bonds is 8. The van der Waals surface area contributed by atoms with E-state index in [0.717, 1.165) is 38.0 Å². The Kier molecular flexibility index (Phi) is 8.66. The largest absolute Gasteiger partial charge is 0.466 e. The van der Waals surface area contributed by atoms with Gasteiger partial charge in [-0.25, -0.2) is 0 Å². The quantitative estimate of drug-likeness (QED) is 0.414. The summed E-state index contributed by atoms with van der Waals surface area (Å²) < 4.78 is 12.0. The highest BCUT2D eigenvalue weighted by molar-refractivity contribution is 6.74. The average molecular weight is 431 g/mol. The second-order valence-corrected chi connectivity index (χ2v) is 14.6. The van der Waals surface area contributed by atoms with E-state index in [-0.39, 0.29) is 17.1 Å². The molecule has 0 radical (unpaired) electrons. The number of benzene rings is 1. The van der Waals surface area contributed by atoms with Gasteiger partial charge in [0.25, 0.3) is 0 Å². The van der Waals surface area contributed by atoms with Crippen LogP contribution in [0, 0.1) is 17.2 Å². The first kappa shape index (κ1) is 24.6. The third kappa shape index (κ3) is 6.94. The van der Waals surface area contributed by atoms with E-state index in [1.54, 1.807) is 0 Å². The molecule has 2 atom stereocenters. The molecule has 2 rings (SSSR count). The van der Waals surface area contributed by atoms with Crippen LogP contribution >= 0.6 is 0 Å². The number of nitrogens with zero attached hydrogens (tertiary/aromatic N) is 2. The van der Waals surface area contributed by atoms with Gasteiger partial charge in [0.15, 0.2) is 8.32 Å². The number of piperidine rings is 1. The van der Waals surface area contributed by atoms with Crippen LogP contribution < -0.4 is 0 Å². The lowest BCUT2D eigenvalue weighted by Gasteiger charge is -2.42. The molecule has 6 heteroatoms. The van der Waals surface area contributed by atoms with Crippen molar-refractivity contribution < 1.29 is 14.0 Å². The van der Waals surface area contributed by atoms with E-state index in [2.05, 4.69) is 44.8 Å². The minimum Gasteiger partial charge on any atom is -0.466 e. The highest BCUT2D eigenvalue weighted by atomic mass is 28.4. The second kappa shape index (κ2) is 10.6. The Balaban J connectivity index is 2.15. The maximum absolute atomic E-state index is 11.9. The molecular formula is C24H38N2O3Si. The molecular weight excluding hydrogens is 392 g/mol. The van der Waals surface area contributed by atoms with Gasteiger partial charge in [0.05, 0.1) is 24.3 Å². The highest BCUT2D eigenvalue weighted by Crippen LogP contribution is 2.40. The van der Waals surface area contributed by atoms with Crippen LogP contribution in [0.25, 0.3) is 0 Å². The van der Waals surface area contributed by atoms with Crippen LogP contribution in [-0.2, 0) is 14.0 Å². The van der Waals surface area contributed by atoms with Gasteiger partial charge >= 0.3 is 5.97 Å². The lowest BCUT2D eigenvalue weighted by molar-refractivity contribution is -0.144. The highest BCUT2D eigenvalue weighted by Gasteiger charge is 2.40. The maximum Gasteiger partial charge on any atom is 0.306 e. The van der Waals surface area contributed by atoms with Crippen molar-refractivity contribution >= 4 is 14.3 Å². The molecule has 30 heavy (non-hydrogen) atoms. The molecule has 5 nitrogen and oxygen atoms in total. The molecule has 1 aliphatic heterocycles. The molecule has 0 amide bonds. The lowest BCUT2D eigenvalue weighted by Crippen LogP contribution is -2.45. The van der Waals surface area contributed by atoms with Crippen molar-refractivity contribution in [2.24, 2.45) is 5.92 Å². The molecule has 166 valence electrons. The fourth-order valence-electron chi connectivity index (χ4n) is 3.69. The van der Waals surface area contributed by atoms with E-state index in [9.17, 15) is 4.79 Å². The summed E-state index contributed by atoms with van der Waals surface area (Å²) in [6, 6.07) is 9.99. The fraction of sp³-hybridized carbons (Fsp3) is 0.667. The molecule has 1 aromatic carbocycles. The second-order valence-electron chi connectivity index (χ2n) is 9.88. The number of nitriles is 1. The van der Waals surface area contributed by atoms with Crippen molar-refractivity contribution in [1.82, 2.24) is 4.90 Å². The van der Waals surface area contributed by atoms with Gasteiger partial charge in [-0.15, -0.1) is 0 Å². The van der Waals surface area contributed by atoms with Crippen molar-refractivity contribution in [3.05, 3.63) is 35.4 Å². The first-order valence-corrected chi connectivity index (χ1v) is 14.0. The Morgan fingerprint density at radius 2 is 1.97 bits per heavy atom. The zero-order chi connectivity index (χ0) is 22.4. The summed E-state index contributed by atoms with van der Waals surface area (Å²) in [5.41, 5.74) is 1.78. The number of hydrogen-bond acceptors (Lipinski definition) is 5. The summed E-state index contributed by atoms with van der Waals surface area (Å²) in [5, 5.41) is 9.26. The summed E-state index contributed by atoms with van der Waals surface area (Å²) in [5.74, 6) is 0.248. The van der Waals surface area contributed by atoms with Crippen molar-refractivity contribution in [1.29, 1.82) is 5.26 Å². The van der Waals surface area contributed by atoms with Crippen LogP contribution in [0.15, 0.2) is 24.3 Å². The summed E-state index contributed by atoms with van der Waals surface area (Å²) in [6.45, 7) is 16.3. The van der Waals surface area contributed by atoms with Gasteiger partial charge in [0.2, 0.25) is 0 Å². The molecule has 0 N–H and O–H groups in total. The van der Waals surface area contributed by atoms with Gasteiger partial charge in [0.1, 0.15) is 0 Å². The maximum atomic E-state index is 11.9. The Morgan fingerprint density at radius 1 is 1.30 bits per heavy atom. The predicted octanol–water partition coefficient (Wildman–Crippen LogP) is 5.29. The van der Waals surface area contributed by atoms with E-state index in [1.807, 2.05) is 31.2 Å². The Bertz CT molecular complexity index is 734. The summed E-state index contributed by atoms with van der Waals surface area (Å²) in [6.07, 6.45) is 2.61. The molecule has 1 heterocycles. The van der Waals surface area contributed by atoms with Crippen molar-refractivity contribution in [2.75, 3.05) is 26.2 Å². The van der Waals surface area contributed by atoms with Crippen LogP contribution in [0.3, 0.4) is 0 Å². The number of ether oxygens (including phenoxy) is 1. The number of esters is 1. The Labute approximate surface area is 183 Å². The Hall–Kier alpha value is -1.68. The standard InChI is InChI=1S/C24H38N2O3Si/c1-7-28-23(27)15-20-9-8-14-26(17-20)18-22(29-30(5,6)24(2,3)4)21-12-10-19(16-25)11-13-21/h10-13,20,22H,7-9,14-15,17-18H2,1-6H3/t20?,22-/m0/s1. The molecule has 0 saturated carbocycles. The molecule has 1 saturated heterocycles. The first-order valence-electron chi connectivity index (χ1n) is 11.1. The van der Waals surface area contributed by atoms with Gasteiger partial charge in [-0.1, -0.05) is 32.9 Å². The van der Waals surface area contributed by atoms with Gasteiger partial charge in [-0.2, -0.15) is 5.26 Å². The van der Waals surface area contributed by atoms with Crippen LogP contribution in [0.4, 0.5) is 0 Å². The number of hydrogen-bond donors (Lipinski definition) is 0. The number of likely N-dealkylation sites (tertiary alicyclic amines) is 1. The minimum atomic E-state index is -1.98. The topological polar surface area (TPSA) is 62.6 Å². The third-order valence-electron chi connectivity index (χ3n) is 6.44. The molecule has 0 aliphatic carbocycles. The van der Waals surface area contributed by atoms with Gasteiger partial charge in [-0.05, 0) is 68.1 Å². The number of carbonyl (C=O) groups excluding carboxylic acids is 1. The van der Waals surface area contributed by atoms with E-state index in [1.165, 1.54) is 0 Å². The zero-order valence-electron chi connectivity index (χ0n) is 19.5. The smallest absolute Gasteiger partial charge is 0.306 e. The van der Waals surface area contributed by atoms with E-state index in [4.69, 9.17) is 14.4 Å². The van der Waals surface area contributed by atoms with Crippen LogP contribution in [0.1, 0.15) is 64.2 Å². The molecule has 1 aliphatic rings. The van der Waals surface area contributed by atoms with E-state index < -0.39 is 8.32 Å². The van der Waals surface area contributed by atoms with Crippen LogP contribution in [0.2, 0.25) is 18.1 Å². The Morgan fingerprint density at radius 3 is 2.53 bits per heavy atom. The van der Waals surface area contributed by atoms with Crippen LogP contribution in [0.5, 0.6) is 0 Å². The van der Waals surface area contributed by atoms with E-state index in [0.29, 0.717) is 24.5 Å². The summed E-state index contributed by atoms with van der Waals surface area (Å²) in [7, 11) is -1.98. The number of carbonyl (C=O) groups is 1. The minimum absolute atomic E-state index is 0.0417. The molecule has 0 bridgehead atoms. The zero-order valence-corrected chi connectivity index (χ0v) is 20.5. The van der Waals surface area contributed by atoms with Crippen molar-refractivity contribution in [2.45, 2.75) is 71.2 Å². The predicted molar refractivity (Wildman–Crippen MR) is 123 cm³/mol. The fourth-order valence-corrected chi connectivity index (χ4v) is 4.96. The summed E-state index contributed by atoms with van der Waals surface area (Å²) >= 11 is 0. The van der Waals surface area contributed by atoms with Gasteiger partial charge in [0, 0.05) is 19.5 Å². The monoisotopic (exact) mass is 430 g/mol. The third-order valence-corrected chi connectivity index (χ3v) is 10.9. The SMILES string of the molecule is CCOC(=O)CC1CCCN(C[C@H](O[Si](C)(C)C(C)(C)C)c2ccc(C#N)cc2)C1. The van der Waals surface area contributed by atoms with Crippen molar-refractivity contribution in [3.8, 4) is 6.07 Å². The van der Waals surface area contributed by atoms with Crippen molar-refractivity contribution in [3.63, 3.8) is 0 Å². The van der Waals surface area contributed by atoms with Gasteiger partial charge < -0.3 is 14.1 Å². The summed E-state index contributed by atoms with van der Waals surface area (Å²) in [4.78, 5) is 14.4. The molecule has 0 aromatic heterocycles. The lowest BCUT2D eigenvalue weighted by atomic mass is 9.94. The van der Waals surface area contributed by atoms with Crippen LogP contribution in [-0.4, -0.2) is 45.4 Å². The average Bonchev–Trinajstić information content (AvgIpc) is 2.67. The van der Waals surface area contributed by atoms with Gasteiger partial charge in [-0.3, -0.25) is 4.79 Å². The normalized spacial score (nSPS) is 19.2. The van der Waals surface area contributed by atoms with E-state index >= 15 is 0 Å². The first-order chi connectivity index (χ1) is 14.1. The molecule has 1 fully saturated rings. The molecule has 1 aromatic rings. The molecule has 1 unspecified atom stereocenters.